The molecule has 5 heteroatoms. The van der Waals surface area contributed by atoms with Gasteiger partial charge in [0.2, 0.25) is 0 Å². The van der Waals surface area contributed by atoms with Gasteiger partial charge in [-0.2, -0.15) is 0 Å². The van der Waals surface area contributed by atoms with E-state index in [1.807, 2.05) is 6.92 Å². The Bertz CT molecular complexity index is 325. The molecule has 0 aliphatic carbocycles. The molecule has 0 amide bonds. The molecule has 2 heterocycles. The number of ether oxygens (including phenoxy) is 1. The van der Waals surface area contributed by atoms with Gasteiger partial charge in [0.15, 0.2) is 0 Å². The number of aliphatic hydroxyl groups is 2. The first-order valence-electron chi connectivity index (χ1n) is 6.28. The van der Waals surface area contributed by atoms with Crippen LogP contribution in [0.5, 0.6) is 0 Å². The zero-order chi connectivity index (χ0) is 12.8. The zero-order valence-electron chi connectivity index (χ0n) is 10.8. The summed E-state index contributed by atoms with van der Waals surface area (Å²) >= 11 is 0. The quantitative estimate of drug-likeness (QED) is 0.661. The monoisotopic (exact) mass is 238 g/mol. The molecule has 0 aromatic heterocycles. The first-order chi connectivity index (χ1) is 7.95. The number of hydrogen-bond donors (Lipinski definition) is 2. The van der Waals surface area contributed by atoms with E-state index >= 15 is 0 Å². The van der Waals surface area contributed by atoms with Crippen molar-refractivity contribution in [3.8, 4) is 0 Å². The van der Waals surface area contributed by atoms with Crippen LogP contribution in [0.25, 0.3) is 0 Å². The summed E-state index contributed by atoms with van der Waals surface area (Å²) in [5.41, 5.74) is 0.658. The van der Waals surface area contributed by atoms with Crippen molar-refractivity contribution in [1.29, 1.82) is 0 Å². The van der Waals surface area contributed by atoms with E-state index in [2.05, 4.69) is 18.7 Å². The van der Waals surface area contributed by atoms with E-state index in [9.17, 15) is 10.2 Å². The Morgan fingerprint density at radius 2 is 2.24 bits per heavy atom. The predicted octanol–water partition coefficient (Wildman–Crippen LogP) is -0.332. The number of hydrogen-bond acceptors (Lipinski definition) is 4. The number of likely N-dealkylation sites (tertiary alicyclic amines) is 1. The molecule has 0 saturated carbocycles. The van der Waals surface area contributed by atoms with Gasteiger partial charge in [-0.25, -0.2) is 0 Å². The average molecular weight is 238 g/mol. The van der Waals surface area contributed by atoms with E-state index in [-0.39, 0.29) is 24.3 Å². The van der Waals surface area contributed by atoms with Crippen molar-refractivity contribution < 1.29 is 14.9 Å². The SMILES string of the molecule is [B]=C(C)N1C2CC(O)C(CO)OC2C1(C)CC. The van der Waals surface area contributed by atoms with Crippen LogP contribution >= 0.6 is 0 Å². The van der Waals surface area contributed by atoms with Crippen LogP contribution in [0.2, 0.25) is 0 Å². The van der Waals surface area contributed by atoms with Crippen LogP contribution in [-0.4, -0.2) is 64.7 Å². The van der Waals surface area contributed by atoms with E-state index in [4.69, 9.17) is 12.2 Å². The third-order valence-corrected chi connectivity index (χ3v) is 4.35. The van der Waals surface area contributed by atoms with Gasteiger partial charge < -0.3 is 0 Å². The second-order valence-corrected chi connectivity index (χ2v) is 5.37. The number of fused-ring (bicyclic) bond motifs is 1. The second kappa shape index (κ2) is 4.37. The second-order valence-electron chi connectivity index (χ2n) is 5.37. The van der Waals surface area contributed by atoms with Gasteiger partial charge in [0.05, 0.1) is 0 Å². The minimum absolute atomic E-state index is 0.0477. The Kier molecular flexibility index (Phi) is 3.36. The molecule has 5 unspecified atom stereocenters. The van der Waals surface area contributed by atoms with Crippen molar-refractivity contribution in [2.45, 2.75) is 63.5 Å². The van der Waals surface area contributed by atoms with Gasteiger partial charge in [0, 0.05) is 0 Å². The molecule has 0 bridgehead atoms. The Morgan fingerprint density at radius 1 is 1.59 bits per heavy atom. The normalized spacial score (nSPS) is 45.1. The Hall–Kier alpha value is -0.385. The summed E-state index contributed by atoms with van der Waals surface area (Å²) < 4.78 is 5.82. The number of rotatable bonds is 3. The molecule has 2 aliphatic heterocycles. The standard InChI is InChI=1S/C12H21BNO3/c1-4-12(3)11-8(14(12)7(2)13)5-9(16)10(6-15)17-11/h8-11,15-16H,4-6H2,1-3H3. The van der Waals surface area contributed by atoms with Gasteiger partial charge in [-0.1, -0.05) is 0 Å². The molecule has 0 aromatic carbocycles. The van der Waals surface area contributed by atoms with Crippen LogP contribution in [0.1, 0.15) is 33.6 Å². The van der Waals surface area contributed by atoms with E-state index in [1.54, 1.807) is 0 Å². The van der Waals surface area contributed by atoms with Crippen LogP contribution in [0.3, 0.4) is 0 Å². The molecule has 2 rings (SSSR count). The maximum absolute atomic E-state index is 9.87. The van der Waals surface area contributed by atoms with E-state index in [1.165, 1.54) is 0 Å². The van der Waals surface area contributed by atoms with Gasteiger partial charge in [-0.05, 0) is 0 Å². The number of aliphatic hydroxyl groups excluding tert-OH is 2. The summed E-state index contributed by atoms with van der Waals surface area (Å²) in [5.74, 6) is 0. The van der Waals surface area contributed by atoms with Gasteiger partial charge >= 0.3 is 103 Å². The summed E-state index contributed by atoms with van der Waals surface area (Å²) in [6.07, 6.45) is 0.523. The summed E-state index contributed by atoms with van der Waals surface area (Å²) in [6.45, 7) is 5.98. The van der Waals surface area contributed by atoms with Crippen LogP contribution in [0, 0.1) is 0 Å². The minimum atomic E-state index is -0.607. The fourth-order valence-corrected chi connectivity index (χ4v) is 3.33. The summed E-state index contributed by atoms with van der Waals surface area (Å²) in [5, 5.41) is 19.1. The van der Waals surface area contributed by atoms with E-state index < -0.39 is 12.2 Å². The van der Waals surface area contributed by atoms with Crippen molar-refractivity contribution in [2.75, 3.05) is 6.61 Å². The van der Waals surface area contributed by atoms with Crippen molar-refractivity contribution in [3.05, 3.63) is 0 Å². The van der Waals surface area contributed by atoms with Crippen molar-refractivity contribution in [3.63, 3.8) is 0 Å². The molecule has 0 spiro atoms. The average Bonchev–Trinajstić information content (AvgIpc) is 2.27. The third kappa shape index (κ3) is 1.75. The first kappa shape index (κ1) is 13.1. The molecule has 17 heavy (non-hydrogen) atoms. The zero-order valence-corrected chi connectivity index (χ0v) is 10.8. The van der Waals surface area contributed by atoms with Gasteiger partial charge in [-0.3, -0.25) is 0 Å². The van der Waals surface area contributed by atoms with Crippen LogP contribution in [0.4, 0.5) is 0 Å². The Labute approximate surface area is 104 Å². The third-order valence-electron chi connectivity index (χ3n) is 4.35. The fraction of sp³-hybridized carbons (Fsp3) is 0.917. The molecular weight excluding hydrogens is 217 g/mol. The molecular formula is C12H21BNO3. The summed E-state index contributed by atoms with van der Waals surface area (Å²) in [7, 11) is 5.92. The molecule has 2 aliphatic rings. The van der Waals surface area contributed by atoms with Gasteiger partial charge in [0.1, 0.15) is 0 Å². The topological polar surface area (TPSA) is 52.9 Å². The fourth-order valence-electron chi connectivity index (χ4n) is 3.33. The maximum atomic E-state index is 9.87. The van der Waals surface area contributed by atoms with Crippen LogP contribution in [-0.2, 0) is 4.74 Å². The first-order valence-corrected chi connectivity index (χ1v) is 6.28. The van der Waals surface area contributed by atoms with Crippen molar-refractivity contribution in [2.24, 2.45) is 0 Å². The molecule has 2 saturated heterocycles. The van der Waals surface area contributed by atoms with Crippen LogP contribution in [0.15, 0.2) is 0 Å². The molecule has 5 atom stereocenters. The molecule has 1 radical (unpaired) electrons. The van der Waals surface area contributed by atoms with Gasteiger partial charge in [-0.15, -0.1) is 0 Å². The van der Waals surface area contributed by atoms with Gasteiger partial charge in [0.25, 0.3) is 0 Å². The van der Waals surface area contributed by atoms with Crippen LogP contribution < -0.4 is 0 Å². The van der Waals surface area contributed by atoms with Crippen molar-refractivity contribution in [1.82, 2.24) is 4.90 Å². The molecule has 2 N–H and O–H groups in total. The summed E-state index contributed by atoms with van der Waals surface area (Å²) in [4.78, 5) is 2.15. The molecule has 2 fully saturated rings. The molecule has 0 aromatic rings. The predicted molar refractivity (Wildman–Crippen MR) is 67.1 cm³/mol. The van der Waals surface area contributed by atoms with E-state index in [0.29, 0.717) is 6.42 Å². The van der Waals surface area contributed by atoms with E-state index in [0.717, 1.165) is 12.0 Å². The molecule has 4 nitrogen and oxygen atoms in total. The molecule has 95 valence electrons. The Balaban J connectivity index is 2.19. The Morgan fingerprint density at radius 3 is 2.71 bits per heavy atom. The number of nitrogens with zero attached hydrogens (tertiary/aromatic N) is 1. The summed E-state index contributed by atoms with van der Waals surface area (Å²) in [6, 6.07) is 0.141. The van der Waals surface area contributed by atoms with Crippen molar-refractivity contribution >= 4 is 13.1 Å².